The van der Waals surface area contributed by atoms with Crippen LogP contribution in [0.3, 0.4) is 0 Å². The Balaban J connectivity index is 1.54. The number of likely N-dealkylation sites (tertiary alicyclic amines) is 1. The van der Waals surface area contributed by atoms with E-state index >= 15 is 0 Å². The van der Waals surface area contributed by atoms with E-state index in [4.69, 9.17) is 9.47 Å². The fraction of sp³-hybridized carbons (Fsp3) is 0.379. The Labute approximate surface area is 197 Å². The standard InChI is InChI=1S/C29H33NO3/c1-30(18-9-4-10-19-30)21-28(26-16-11-17-27(31)20-26)22-32-29(33-23-28,24-12-5-2-6-13-24)25-14-7-3-8-15-25/h2-3,5-8,11-17,20H,4,9-10,18-19,21-23H2,1H3/p+1. The second kappa shape index (κ2) is 8.94. The minimum Gasteiger partial charge on any atom is -0.508 e. The Kier molecular flexibility index (Phi) is 6.00. The zero-order chi connectivity index (χ0) is 22.8. The highest BCUT2D eigenvalue weighted by atomic mass is 16.7. The number of ether oxygens (including phenoxy) is 2. The van der Waals surface area contributed by atoms with E-state index in [1.807, 2.05) is 48.5 Å². The number of likely N-dealkylation sites (N-methyl/N-ethyl adjacent to an activating group) is 1. The second-order valence-corrected chi connectivity index (χ2v) is 10.0. The number of nitrogens with zero attached hydrogens (tertiary/aromatic N) is 1. The van der Waals surface area contributed by atoms with Gasteiger partial charge < -0.3 is 19.1 Å². The number of phenols is 1. The van der Waals surface area contributed by atoms with Gasteiger partial charge in [0.1, 0.15) is 5.75 Å². The minimum atomic E-state index is -0.941. The molecule has 0 saturated carbocycles. The van der Waals surface area contributed by atoms with Gasteiger partial charge in [0.05, 0.1) is 45.3 Å². The molecule has 0 aromatic heterocycles. The number of hydrogen-bond donors (Lipinski definition) is 1. The minimum absolute atomic E-state index is 0.288. The second-order valence-electron chi connectivity index (χ2n) is 10.0. The van der Waals surface area contributed by atoms with E-state index in [-0.39, 0.29) is 11.2 Å². The van der Waals surface area contributed by atoms with Crippen molar-refractivity contribution < 1.29 is 19.1 Å². The molecule has 0 spiro atoms. The molecule has 4 heteroatoms. The highest BCUT2D eigenvalue weighted by molar-refractivity contribution is 5.37. The molecule has 0 unspecified atom stereocenters. The van der Waals surface area contributed by atoms with Gasteiger partial charge in [-0.2, -0.15) is 0 Å². The van der Waals surface area contributed by atoms with Gasteiger partial charge in [-0.25, -0.2) is 0 Å². The van der Waals surface area contributed by atoms with Gasteiger partial charge in [-0.15, -0.1) is 0 Å². The van der Waals surface area contributed by atoms with E-state index in [1.54, 1.807) is 6.07 Å². The number of benzene rings is 3. The summed E-state index contributed by atoms with van der Waals surface area (Å²) in [4.78, 5) is 0. The summed E-state index contributed by atoms with van der Waals surface area (Å²) < 4.78 is 14.6. The summed E-state index contributed by atoms with van der Waals surface area (Å²) in [7, 11) is 2.36. The summed E-state index contributed by atoms with van der Waals surface area (Å²) in [6.45, 7) is 4.31. The van der Waals surface area contributed by atoms with Crippen molar-refractivity contribution in [2.24, 2.45) is 0 Å². The van der Waals surface area contributed by atoms with Crippen LogP contribution in [-0.4, -0.2) is 49.5 Å². The summed E-state index contributed by atoms with van der Waals surface area (Å²) in [5.41, 5.74) is 2.75. The maximum absolute atomic E-state index is 10.3. The smallest absolute Gasteiger partial charge is 0.222 e. The first kappa shape index (κ1) is 22.1. The van der Waals surface area contributed by atoms with E-state index in [0.29, 0.717) is 13.2 Å². The molecule has 0 atom stereocenters. The first-order valence-electron chi connectivity index (χ1n) is 12.1. The molecule has 0 radical (unpaired) electrons. The van der Waals surface area contributed by atoms with E-state index < -0.39 is 5.79 Å². The van der Waals surface area contributed by atoms with Crippen LogP contribution in [0.15, 0.2) is 84.9 Å². The fourth-order valence-corrected chi connectivity index (χ4v) is 5.73. The van der Waals surface area contributed by atoms with E-state index in [0.717, 1.165) is 27.7 Å². The third kappa shape index (κ3) is 4.31. The van der Waals surface area contributed by atoms with Crippen molar-refractivity contribution in [2.75, 3.05) is 39.9 Å². The first-order valence-corrected chi connectivity index (χ1v) is 12.1. The van der Waals surface area contributed by atoms with Crippen LogP contribution < -0.4 is 0 Å². The van der Waals surface area contributed by atoms with Crippen LogP contribution in [0.1, 0.15) is 36.0 Å². The molecule has 2 aliphatic heterocycles. The van der Waals surface area contributed by atoms with Crippen molar-refractivity contribution in [2.45, 2.75) is 30.5 Å². The van der Waals surface area contributed by atoms with Gasteiger partial charge in [0.25, 0.3) is 0 Å². The molecule has 3 aromatic carbocycles. The van der Waals surface area contributed by atoms with Crippen molar-refractivity contribution in [3.8, 4) is 5.75 Å². The Morgan fingerprint density at radius 3 is 1.82 bits per heavy atom. The van der Waals surface area contributed by atoms with Gasteiger partial charge in [-0.1, -0.05) is 72.8 Å². The molecule has 2 fully saturated rings. The molecule has 4 nitrogen and oxygen atoms in total. The monoisotopic (exact) mass is 444 g/mol. The topological polar surface area (TPSA) is 38.7 Å². The normalized spacial score (nSPS) is 21.4. The summed E-state index contributed by atoms with van der Waals surface area (Å²) in [5, 5.41) is 10.3. The molecular formula is C29H34NO3+. The lowest BCUT2D eigenvalue weighted by molar-refractivity contribution is -0.918. The van der Waals surface area contributed by atoms with Gasteiger partial charge in [-0.3, -0.25) is 0 Å². The van der Waals surface area contributed by atoms with Crippen LogP contribution >= 0.6 is 0 Å². The number of piperidine rings is 1. The predicted octanol–water partition coefficient (Wildman–Crippen LogP) is 5.21. The van der Waals surface area contributed by atoms with Crippen molar-refractivity contribution in [3.63, 3.8) is 0 Å². The molecule has 0 aliphatic carbocycles. The molecule has 5 rings (SSSR count). The van der Waals surface area contributed by atoms with Crippen LogP contribution in [0.5, 0.6) is 5.75 Å². The molecule has 0 bridgehead atoms. The third-order valence-electron chi connectivity index (χ3n) is 7.45. The maximum atomic E-state index is 10.3. The van der Waals surface area contributed by atoms with Crippen LogP contribution in [-0.2, 0) is 20.7 Å². The first-order chi connectivity index (χ1) is 16.0. The van der Waals surface area contributed by atoms with Crippen molar-refractivity contribution in [1.29, 1.82) is 0 Å². The van der Waals surface area contributed by atoms with Crippen LogP contribution in [0, 0.1) is 0 Å². The molecule has 33 heavy (non-hydrogen) atoms. The number of rotatable bonds is 5. The lowest BCUT2D eigenvalue weighted by atomic mass is 9.78. The quantitative estimate of drug-likeness (QED) is 0.549. The molecule has 3 aromatic rings. The van der Waals surface area contributed by atoms with E-state index in [9.17, 15) is 5.11 Å². The highest BCUT2D eigenvalue weighted by Crippen LogP contribution is 2.44. The Morgan fingerprint density at radius 2 is 1.27 bits per heavy atom. The summed E-state index contributed by atoms with van der Waals surface area (Å²) in [6, 6.07) is 28.1. The Hall–Kier alpha value is -2.66. The van der Waals surface area contributed by atoms with Gasteiger partial charge in [0, 0.05) is 11.1 Å². The van der Waals surface area contributed by atoms with Crippen molar-refractivity contribution in [1.82, 2.24) is 0 Å². The largest absolute Gasteiger partial charge is 0.508 e. The molecule has 2 aliphatic rings. The van der Waals surface area contributed by atoms with Gasteiger partial charge in [-0.05, 0) is 37.0 Å². The highest BCUT2D eigenvalue weighted by Gasteiger charge is 2.51. The lowest BCUT2D eigenvalue weighted by Crippen LogP contribution is -2.61. The van der Waals surface area contributed by atoms with Crippen LogP contribution in [0.2, 0.25) is 0 Å². The summed E-state index contributed by atoms with van der Waals surface area (Å²) in [6.07, 6.45) is 3.82. The molecule has 2 saturated heterocycles. The third-order valence-corrected chi connectivity index (χ3v) is 7.45. The number of hydrogen-bond acceptors (Lipinski definition) is 3. The molecular weight excluding hydrogens is 410 g/mol. The molecule has 2 heterocycles. The van der Waals surface area contributed by atoms with Crippen LogP contribution in [0.4, 0.5) is 0 Å². The van der Waals surface area contributed by atoms with Gasteiger partial charge in [0.15, 0.2) is 0 Å². The average molecular weight is 445 g/mol. The lowest BCUT2D eigenvalue weighted by Gasteiger charge is -2.50. The maximum Gasteiger partial charge on any atom is 0.222 e. The zero-order valence-electron chi connectivity index (χ0n) is 19.5. The predicted molar refractivity (Wildman–Crippen MR) is 130 cm³/mol. The fourth-order valence-electron chi connectivity index (χ4n) is 5.73. The summed E-state index contributed by atoms with van der Waals surface area (Å²) in [5.74, 6) is -0.653. The van der Waals surface area contributed by atoms with Crippen LogP contribution in [0.25, 0.3) is 0 Å². The molecule has 172 valence electrons. The van der Waals surface area contributed by atoms with Crippen molar-refractivity contribution in [3.05, 3.63) is 102 Å². The molecule has 1 N–H and O–H groups in total. The zero-order valence-corrected chi connectivity index (χ0v) is 19.5. The number of quaternary nitrogens is 1. The molecule has 0 amide bonds. The Morgan fingerprint density at radius 1 is 0.727 bits per heavy atom. The average Bonchev–Trinajstić information content (AvgIpc) is 2.86. The van der Waals surface area contributed by atoms with Gasteiger partial charge >= 0.3 is 0 Å². The Bertz CT molecular complexity index is 1010. The van der Waals surface area contributed by atoms with Crippen molar-refractivity contribution >= 4 is 0 Å². The number of phenolic OH excluding ortho intramolecular Hbond substituents is 1. The van der Waals surface area contributed by atoms with E-state index in [1.165, 1.54) is 32.4 Å². The van der Waals surface area contributed by atoms with E-state index in [2.05, 4.69) is 37.4 Å². The number of aromatic hydroxyl groups is 1. The van der Waals surface area contributed by atoms with Gasteiger partial charge in [0.2, 0.25) is 5.79 Å². The SMILES string of the molecule is C[N+]1(CC2(c3cccc(O)c3)COC(c3ccccc3)(c3ccccc3)OC2)CCCCC1. The summed E-state index contributed by atoms with van der Waals surface area (Å²) >= 11 is 0.